The molecule has 5 nitrogen and oxygen atoms in total. The molecule has 0 aromatic heterocycles. The number of nitrogens with one attached hydrogen (secondary N) is 1. The van der Waals surface area contributed by atoms with E-state index in [1.165, 1.54) is 57.6 Å². The molecule has 12 rings (SSSR count). The molecule has 1 N–H and O–H groups in total. The van der Waals surface area contributed by atoms with Crippen molar-refractivity contribution in [3.05, 3.63) is 209 Å². The lowest BCUT2D eigenvalue weighted by Crippen LogP contribution is -2.56. The Bertz CT molecular complexity index is 2540. The third-order valence-electron chi connectivity index (χ3n) is 16.0. The molecular formula is C58H60N4O. The lowest BCUT2D eigenvalue weighted by atomic mass is 9.67. The Morgan fingerprint density at radius 2 is 1.49 bits per heavy atom. The van der Waals surface area contributed by atoms with Crippen LogP contribution in [0.2, 0.25) is 0 Å². The van der Waals surface area contributed by atoms with E-state index >= 15 is 0 Å². The molecule has 318 valence electrons. The number of fused-ring (bicyclic) bond motifs is 6. The van der Waals surface area contributed by atoms with Gasteiger partial charge in [0.1, 0.15) is 23.9 Å². The number of rotatable bonds is 7. The molecule has 11 unspecified atom stereocenters. The zero-order valence-electron chi connectivity index (χ0n) is 36.6. The van der Waals surface area contributed by atoms with Gasteiger partial charge in [-0.2, -0.15) is 0 Å². The monoisotopic (exact) mass is 828 g/mol. The van der Waals surface area contributed by atoms with Gasteiger partial charge in [-0.25, -0.2) is 4.99 Å². The first-order chi connectivity index (χ1) is 31.2. The SMILES string of the molecule is CN1C(c2ccccc2)N=C(C2=C(C3C=CC4OC5=C(C4C3)C3C4=CCCC=C4N(c4ccccc4)C3C=C5)C=CC(C3C=CCCC3c3ccccc3)C2)NC1C1CC=CCC1. The van der Waals surface area contributed by atoms with Crippen molar-refractivity contribution in [3.63, 3.8) is 0 Å². The summed E-state index contributed by atoms with van der Waals surface area (Å²) in [5, 5.41) is 4.20. The lowest BCUT2D eigenvalue weighted by Gasteiger charge is -2.45. The van der Waals surface area contributed by atoms with Gasteiger partial charge in [0.15, 0.2) is 0 Å². The van der Waals surface area contributed by atoms with Crippen molar-refractivity contribution in [2.75, 3.05) is 11.9 Å². The predicted octanol–water partition coefficient (Wildman–Crippen LogP) is 12.4. The summed E-state index contributed by atoms with van der Waals surface area (Å²) in [6.45, 7) is 0. The number of amidine groups is 1. The van der Waals surface area contributed by atoms with Gasteiger partial charge in [-0.3, -0.25) is 4.90 Å². The molecule has 0 bridgehead atoms. The molecule has 63 heavy (non-hydrogen) atoms. The fraction of sp³-hybridized carbons (Fsp3) is 0.362. The highest BCUT2D eigenvalue weighted by Crippen LogP contribution is 2.56. The molecule has 0 saturated carbocycles. The minimum absolute atomic E-state index is 0.0581. The molecule has 1 fully saturated rings. The lowest BCUT2D eigenvalue weighted by molar-refractivity contribution is 0.0961. The number of allylic oxidation sites excluding steroid dienone is 12. The molecule has 3 aromatic rings. The van der Waals surface area contributed by atoms with Gasteiger partial charge in [-0.05, 0) is 146 Å². The number of anilines is 1. The van der Waals surface area contributed by atoms with Gasteiger partial charge < -0.3 is 15.0 Å². The zero-order valence-corrected chi connectivity index (χ0v) is 36.6. The van der Waals surface area contributed by atoms with Crippen LogP contribution < -0.4 is 10.2 Å². The highest BCUT2D eigenvalue weighted by molar-refractivity contribution is 6.00. The summed E-state index contributed by atoms with van der Waals surface area (Å²) in [5.74, 6) is 4.89. The van der Waals surface area contributed by atoms with Gasteiger partial charge in [0.2, 0.25) is 0 Å². The van der Waals surface area contributed by atoms with Crippen LogP contribution in [0.15, 0.2) is 203 Å². The van der Waals surface area contributed by atoms with Crippen molar-refractivity contribution in [2.45, 2.75) is 88.2 Å². The minimum atomic E-state index is -0.0581. The highest BCUT2D eigenvalue weighted by atomic mass is 16.5. The highest BCUT2D eigenvalue weighted by Gasteiger charge is 2.52. The summed E-state index contributed by atoms with van der Waals surface area (Å²) in [6, 6.07) is 33.6. The molecule has 11 atom stereocenters. The van der Waals surface area contributed by atoms with Crippen LogP contribution in [0.5, 0.6) is 0 Å². The third kappa shape index (κ3) is 6.90. The van der Waals surface area contributed by atoms with Gasteiger partial charge in [0.25, 0.3) is 0 Å². The molecule has 9 aliphatic rings. The number of aliphatic imine (C=N–C) groups is 1. The first kappa shape index (κ1) is 39.0. The molecule has 6 aliphatic carbocycles. The second kappa shape index (κ2) is 16.5. The van der Waals surface area contributed by atoms with E-state index in [-0.39, 0.29) is 30.4 Å². The van der Waals surface area contributed by atoms with Gasteiger partial charge in [-0.1, -0.05) is 140 Å². The predicted molar refractivity (Wildman–Crippen MR) is 256 cm³/mol. The number of hydrogen-bond acceptors (Lipinski definition) is 5. The standard InChI is InChI=1S/C58H60N4O/c1-61-57(39-20-8-3-9-21-39)59-56(60-58(61)40-22-10-4-11-23-40)48-36-41(45-27-15-14-26-44(45)38-18-6-2-7-19-38)30-32-46(48)42-31-34-52-49(37-42)55-53(63-52)35-33-51-54(55)47-28-16-17-29-50(47)62(51)43-24-12-5-13-25-43/h2-10,12-13,15,18-21,24-25,27-35,40-42,44-45,49,51-52,54,57-58H,11,14,16-17,22-23,26,36-37H2,1H3,(H,59,60). The molecule has 3 aromatic carbocycles. The fourth-order valence-corrected chi connectivity index (χ4v) is 13.0. The number of hydrogen-bond donors (Lipinski definition) is 1. The molecule has 3 heterocycles. The fourth-order valence-electron chi connectivity index (χ4n) is 13.0. The Hall–Kier alpha value is -5.65. The molecule has 1 saturated heterocycles. The van der Waals surface area contributed by atoms with Crippen LogP contribution in [0.1, 0.15) is 81.0 Å². The second-order valence-electron chi connectivity index (χ2n) is 19.4. The van der Waals surface area contributed by atoms with Crippen LogP contribution in [0, 0.1) is 35.5 Å². The van der Waals surface area contributed by atoms with Crippen LogP contribution in [-0.2, 0) is 4.74 Å². The van der Waals surface area contributed by atoms with Crippen molar-refractivity contribution in [2.24, 2.45) is 40.5 Å². The molecule has 3 aliphatic heterocycles. The van der Waals surface area contributed by atoms with Crippen LogP contribution in [-0.4, -0.2) is 36.1 Å². The van der Waals surface area contributed by atoms with E-state index in [2.05, 4.69) is 186 Å². The normalized spacial score (nSPS) is 34.3. The topological polar surface area (TPSA) is 40.1 Å². The van der Waals surface area contributed by atoms with Gasteiger partial charge in [-0.15, -0.1) is 0 Å². The average Bonchev–Trinajstić information content (AvgIpc) is 3.90. The van der Waals surface area contributed by atoms with Crippen molar-refractivity contribution in [1.82, 2.24) is 10.2 Å². The Morgan fingerprint density at radius 1 is 0.714 bits per heavy atom. The maximum absolute atomic E-state index is 6.94. The van der Waals surface area contributed by atoms with E-state index in [0.29, 0.717) is 35.5 Å². The third-order valence-corrected chi connectivity index (χ3v) is 16.0. The van der Waals surface area contributed by atoms with Gasteiger partial charge in [0.05, 0.1) is 12.2 Å². The molecule has 5 heteroatoms. The summed E-state index contributed by atoms with van der Waals surface area (Å²) < 4.78 is 6.94. The first-order valence-electron chi connectivity index (χ1n) is 24.1. The Balaban J connectivity index is 0.936. The summed E-state index contributed by atoms with van der Waals surface area (Å²) >= 11 is 0. The number of para-hydroxylation sites is 1. The van der Waals surface area contributed by atoms with Crippen LogP contribution >= 0.6 is 0 Å². The first-order valence-corrected chi connectivity index (χ1v) is 24.1. The van der Waals surface area contributed by atoms with E-state index in [9.17, 15) is 0 Å². The molecule has 0 spiro atoms. The van der Waals surface area contributed by atoms with Gasteiger partial charge in [0, 0.05) is 29.1 Å². The van der Waals surface area contributed by atoms with Crippen LogP contribution in [0.25, 0.3) is 0 Å². The molecule has 0 radical (unpaired) electrons. The average molecular weight is 829 g/mol. The summed E-state index contributed by atoms with van der Waals surface area (Å²) in [4.78, 5) is 10.9. The quantitative estimate of drug-likeness (QED) is 0.241. The number of nitrogens with zero attached hydrogens (tertiary/aromatic N) is 3. The maximum Gasteiger partial charge on any atom is 0.131 e. The molecular weight excluding hydrogens is 769 g/mol. The molecule has 0 amide bonds. The zero-order chi connectivity index (χ0) is 41.9. The van der Waals surface area contributed by atoms with Crippen LogP contribution in [0.4, 0.5) is 5.69 Å². The second-order valence-corrected chi connectivity index (χ2v) is 19.4. The van der Waals surface area contributed by atoms with E-state index < -0.39 is 0 Å². The summed E-state index contributed by atoms with van der Waals surface area (Å²) in [6.07, 6.45) is 39.7. The largest absolute Gasteiger partial charge is 0.486 e. The van der Waals surface area contributed by atoms with E-state index in [4.69, 9.17) is 9.73 Å². The smallest absolute Gasteiger partial charge is 0.131 e. The number of benzene rings is 3. The van der Waals surface area contributed by atoms with E-state index in [1.54, 1.807) is 0 Å². The Morgan fingerprint density at radius 3 is 2.30 bits per heavy atom. The van der Waals surface area contributed by atoms with Gasteiger partial charge >= 0.3 is 0 Å². The number of ether oxygens (including phenoxy) is 1. The van der Waals surface area contributed by atoms with Crippen molar-refractivity contribution in [3.8, 4) is 0 Å². The van der Waals surface area contributed by atoms with Crippen molar-refractivity contribution in [1.29, 1.82) is 0 Å². The van der Waals surface area contributed by atoms with E-state index in [1.807, 2.05) is 0 Å². The Labute approximate surface area is 374 Å². The van der Waals surface area contributed by atoms with Crippen molar-refractivity contribution < 1.29 is 4.74 Å². The Kier molecular flexibility index (Phi) is 10.2. The summed E-state index contributed by atoms with van der Waals surface area (Å²) in [5.41, 5.74) is 11.3. The minimum Gasteiger partial charge on any atom is -0.486 e. The summed E-state index contributed by atoms with van der Waals surface area (Å²) in [7, 11) is 2.29. The van der Waals surface area contributed by atoms with Crippen molar-refractivity contribution >= 4 is 11.5 Å². The van der Waals surface area contributed by atoms with Crippen LogP contribution in [0.3, 0.4) is 0 Å². The maximum atomic E-state index is 6.94. The van der Waals surface area contributed by atoms with E-state index in [0.717, 1.165) is 56.5 Å².